The Morgan fingerprint density at radius 2 is 2.00 bits per heavy atom. The van der Waals surface area contributed by atoms with E-state index < -0.39 is 34.7 Å². The number of aliphatic hydroxyl groups is 1. The number of aromatic nitrogens is 2. The summed E-state index contributed by atoms with van der Waals surface area (Å²) in [5.74, 6) is -1.68. The summed E-state index contributed by atoms with van der Waals surface area (Å²) in [6.07, 6.45) is 0.408. The molecule has 3 aromatic rings. The molecule has 0 fully saturated rings. The smallest absolute Gasteiger partial charge is 0.319 e. The molecule has 0 aliphatic rings. The molecule has 2 aromatic carbocycles. The summed E-state index contributed by atoms with van der Waals surface area (Å²) in [5, 5.41) is 13.5. The molecule has 0 radical (unpaired) electrons. The highest BCUT2D eigenvalue weighted by molar-refractivity contribution is 5.89. The molecule has 3 rings (SSSR count). The van der Waals surface area contributed by atoms with Crippen LogP contribution in [0.4, 0.5) is 19.3 Å². The van der Waals surface area contributed by atoms with E-state index in [9.17, 15) is 18.4 Å². The van der Waals surface area contributed by atoms with Gasteiger partial charge in [-0.25, -0.2) is 18.6 Å². The minimum absolute atomic E-state index is 0.0431. The molecule has 1 heterocycles. The SMILES string of the molecule is CC(N)c1nc2c(F)ccc(F)c2c(=O)n1-c1cccc(NC(=O)NCCCO)c1. The zero-order valence-electron chi connectivity index (χ0n) is 16.2. The third-order valence-corrected chi connectivity index (χ3v) is 4.34. The molecular weight excluding hydrogens is 396 g/mol. The molecule has 0 aliphatic carbocycles. The maximum Gasteiger partial charge on any atom is 0.319 e. The average molecular weight is 417 g/mol. The van der Waals surface area contributed by atoms with Gasteiger partial charge in [-0.1, -0.05) is 6.07 Å². The predicted molar refractivity (Wildman–Crippen MR) is 109 cm³/mol. The van der Waals surface area contributed by atoms with Gasteiger partial charge < -0.3 is 21.5 Å². The van der Waals surface area contributed by atoms with Gasteiger partial charge in [0.2, 0.25) is 0 Å². The molecule has 0 bridgehead atoms. The lowest BCUT2D eigenvalue weighted by Crippen LogP contribution is -2.30. The molecule has 2 amide bonds. The van der Waals surface area contributed by atoms with E-state index in [1.165, 1.54) is 6.07 Å². The minimum atomic E-state index is -0.897. The third kappa shape index (κ3) is 4.29. The van der Waals surface area contributed by atoms with Gasteiger partial charge in [0, 0.05) is 18.8 Å². The number of fused-ring (bicyclic) bond motifs is 1. The van der Waals surface area contributed by atoms with Crippen LogP contribution in [-0.2, 0) is 0 Å². The van der Waals surface area contributed by atoms with Crippen molar-refractivity contribution in [3.05, 3.63) is 64.2 Å². The first-order valence-corrected chi connectivity index (χ1v) is 9.26. The van der Waals surface area contributed by atoms with Gasteiger partial charge in [-0.15, -0.1) is 0 Å². The van der Waals surface area contributed by atoms with Gasteiger partial charge in [-0.05, 0) is 43.7 Å². The van der Waals surface area contributed by atoms with Crippen LogP contribution < -0.4 is 21.9 Å². The van der Waals surface area contributed by atoms with E-state index in [0.717, 1.165) is 16.7 Å². The second-order valence-corrected chi connectivity index (χ2v) is 6.66. The first kappa shape index (κ1) is 21.3. The van der Waals surface area contributed by atoms with Gasteiger partial charge in [0.15, 0.2) is 0 Å². The zero-order valence-corrected chi connectivity index (χ0v) is 16.2. The topological polar surface area (TPSA) is 122 Å². The molecule has 8 nitrogen and oxygen atoms in total. The standard InChI is InChI=1S/C20H21F2N5O3/c1-11(23)18-26-17-15(22)7-6-14(21)16(17)19(29)27(18)13-5-2-4-12(10-13)25-20(30)24-8-3-9-28/h2,4-7,10-11,28H,3,8-9,23H2,1H3,(H2,24,25,30). The van der Waals surface area contributed by atoms with Crippen LogP contribution in [0.1, 0.15) is 25.2 Å². The van der Waals surface area contributed by atoms with E-state index >= 15 is 0 Å². The van der Waals surface area contributed by atoms with Crippen molar-refractivity contribution in [3.8, 4) is 5.69 Å². The van der Waals surface area contributed by atoms with Crippen molar-refractivity contribution in [2.75, 3.05) is 18.5 Å². The Morgan fingerprint density at radius 3 is 2.70 bits per heavy atom. The summed E-state index contributed by atoms with van der Waals surface area (Å²) in [6.45, 7) is 1.80. The number of hydrogen-bond acceptors (Lipinski definition) is 5. The van der Waals surface area contributed by atoms with Crippen molar-refractivity contribution in [1.29, 1.82) is 0 Å². The fourth-order valence-corrected chi connectivity index (χ4v) is 2.97. The number of nitrogens with one attached hydrogen (secondary N) is 2. The molecule has 1 unspecified atom stereocenters. The third-order valence-electron chi connectivity index (χ3n) is 4.34. The molecule has 1 aromatic heterocycles. The summed E-state index contributed by atoms with van der Waals surface area (Å²) in [4.78, 5) is 29.1. The quantitative estimate of drug-likeness (QED) is 0.458. The van der Waals surface area contributed by atoms with Crippen LogP contribution in [0.5, 0.6) is 0 Å². The molecule has 158 valence electrons. The van der Waals surface area contributed by atoms with E-state index in [1.54, 1.807) is 25.1 Å². The number of hydrogen-bond donors (Lipinski definition) is 4. The maximum atomic E-state index is 14.3. The van der Waals surface area contributed by atoms with Gasteiger partial charge in [-0.2, -0.15) is 0 Å². The van der Waals surface area contributed by atoms with Crippen LogP contribution >= 0.6 is 0 Å². The molecule has 0 spiro atoms. The number of urea groups is 1. The average Bonchev–Trinajstić information content (AvgIpc) is 2.70. The van der Waals surface area contributed by atoms with Gasteiger partial charge in [0.05, 0.1) is 11.7 Å². The lowest BCUT2D eigenvalue weighted by atomic mass is 10.2. The number of rotatable bonds is 6. The van der Waals surface area contributed by atoms with Crippen molar-refractivity contribution >= 4 is 22.6 Å². The molecule has 0 aliphatic heterocycles. The number of nitrogens with two attached hydrogens (primary N) is 1. The van der Waals surface area contributed by atoms with E-state index in [0.29, 0.717) is 12.1 Å². The van der Waals surface area contributed by atoms with Crippen molar-refractivity contribution < 1.29 is 18.7 Å². The Kier molecular flexibility index (Phi) is 6.38. The van der Waals surface area contributed by atoms with Gasteiger partial charge in [0.25, 0.3) is 5.56 Å². The molecule has 1 atom stereocenters. The van der Waals surface area contributed by atoms with Crippen LogP contribution in [0.2, 0.25) is 0 Å². The molecule has 0 saturated carbocycles. The van der Waals surface area contributed by atoms with E-state index in [4.69, 9.17) is 10.8 Å². The Labute approximate surface area is 170 Å². The van der Waals surface area contributed by atoms with Crippen LogP contribution in [0.3, 0.4) is 0 Å². The lowest BCUT2D eigenvalue weighted by molar-refractivity contribution is 0.249. The van der Waals surface area contributed by atoms with Crippen LogP contribution in [0.15, 0.2) is 41.2 Å². The molecule has 5 N–H and O–H groups in total. The zero-order chi connectivity index (χ0) is 21.8. The number of amides is 2. The Balaban J connectivity index is 2.09. The van der Waals surface area contributed by atoms with Crippen molar-refractivity contribution in [2.24, 2.45) is 5.73 Å². The molecular formula is C20H21F2N5O3. The predicted octanol–water partition coefficient (Wildman–Crippen LogP) is 2.19. The monoisotopic (exact) mass is 417 g/mol. The normalized spacial score (nSPS) is 12.0. The second kappa shape index (κ2) is 8.97. The number of aliphatic hydroxyl groups excluding tert-OH is 1. The molecule has 30 heavy (non-hydrogen) atoms. The fourth-order valence-electron chi connectivity index (χ4n) is 2.97. The molecule has 10 heteroatoms. The first-order valence-electron chi connectivity index (χ1n) is 9.26. The molecule has 0 saturated heterocycles. The first-order chi connectivity index (χ1) is 14.3. The lowest BCUT2D eigenvalue weighted by Gasteiger charge is -2.17. The summed E-state index contributed by atoms with van der Waals surface area (Å²) < 4.78 is 29.6. The summed E-state index contributed by atoms with van der Waals surface area (Å²) in [7, 11) is 0. The number of carbonyl (C=O) groups excluding carboxylic acids is 1. The van der Waals surface area contributed by atoms with Gasteiger partial charge >= 0.3 is 6.03 Å². The number of halogens is 2. The van der Waals surface area contributed by atoms with Crippen LogP contribution in [0, 0.1) is 11.6 Å². The summed E-state index contributed by atoms with van der Waals surface area (Å²) in [6, 6.07) is 6.75. The highest BCUT2D eigenvalue weighted by Crippen LogP contribution is 2.22. The number of nitrogens with zero attached hydrogens (tertiary/aromatic N) is 2. The van der Waals surface area contributed by atoms with Crippen molar-refractivity contribution in [3.63, 3.8) is 0 Å². The van der Waals surface area contributed by atoms with E-state index in [-0.39, 0.29) is 30.2 Å². The van der Waals surface area contributed by atoms with Crippen molar-refractivity contribution in [2.45, 2.75) is 19.4 Å². The Morgan fingerprint density at radius 1 is 1.27 bits per heavy atom. The number of anilines is 1. The van der Waals surface area contributed by atoms with Gasteiger partial charge in [0.1, 0.15) is 28.4 Å². The summed E-state index contributed by atoms with van der Waals surface area (Å²) >= 11 is 0. The largest absolute Gasteiger partial charge is 0.396 e. The highest BCUT2D eigenvalue weighted by Gasteiger charge is 2.20. The minimum Gasteiger partial charge on any atom is -0.396 e. The second-order valence-electron chi connectivity index (χ2n) is 6.66. The summed E-state index contributed by atoms with van der Waals surface area (Å²) in [5.41, 5.74) is 5.38. The Hall–Kier alpha value is -3.37. The van der Waals surface area contributed by atoms with E-state index in [2.05, 4.69) is 15.6 Å². The number of carbonyl (C=O) groups is 1. The number of benzene rings is 2. The maximum absolute atomic E-state index is 14.3. The van der Waals surface area contributed by atoms with Gasteiger partial charge in [-0.3, -0.25) is 9.36 Å². The Bertz CT molecular complexity index is 1150. The van der Waals surface area contributed by atoms with E-state index in [1.807, 2.05) is 0 Å². The van der Waals surface area contributed by atoms with Crippen LogP contribution in [0.25, 0.3) is 16.6 Å². The van der Waals surface area contributed by atoms with Crippen molar-refractivity contribution in [1.82, 2.24) is 14.9 Å². The fraction of sp³-hybridized carbons (Fsp3) is 0.250. The highest BCUT2D eigenvalue weighted by atomic mass is 19.1. The van der Waals surface area contributed by atoms with Crippen LogP contribution in [-0.4, -0.2) is 33.8 Å².